The van der Waals surface area contributed by atoms with E-state index in [9.17, 15) is 4.79 Å². The predicted octanol–water partition coefficient (Wildman–Crippen LogP) is 3.03. The zero-order valence-electron chi connectivity index (χ0n) is 11.6. The lowest BCUT2D eigenvalue weighted by molar-refractivity contribution is -0.133. The summed E-state index contributed by atoms with van der Waals surface area (Å²) in [4.78, 5) is 11.8. The minimum absolute atomic E-state index is 0.345. The SMILES string of the molecule is CCCCOc1ccccc1/C(=C\OC)C(=O)OC. The Labute approximate surface area is 114 Å². The van der Waals surface area contributed by atoms with E-state index in [4.69, 9.17) is 14.2 Å². The van der Waals surface area contributed by atoms with E-state index in [1.54, 1.807) is 0 Å². The smallest absolute Gasteiger partial charge is 0.341 e. The molecule has 0 saturated heterocycles. The van der Waals surface area contributed by atoms with Gasteiger partial charge in [-0.1, -0.05) is 31.5 Å². The van der Waals surface area contributed by atoms with E-state index in [2.05, 4.69) is 6.92 Å². The summed E-state index contributed by atoms with van der Waals surface area (Å²) in [6.07, 6.45) is 3.39. The molecule has 0 amide bonds. The second-order valence-electron chi connectivity index (χ2n) is 3.96. The van der Waals surface area contributed by atoms with Gasteiger partial charge >= 0.3 is 5.97 Å². The predicted molar refractivity (Wildman–Crippen MR) is 73.8 cm³/mol. The highest BCUT2D eigenvalue weighted by Gasteiger charge is 2.17. The topological polar surface area (TPSA) is 44.8 Å². The summed E-state index contributed by atoms with van der Waals surface area (Å²) in [6.45, 7) is 2.72. The van der Waals surface area contributed by atoms with E-state index < -0.39 is 5.97 Å². The van der Waals surface area contributed by atoms with E-state index >= 15 is 0 Å². The maximum atomic E-state index is 11.8. The van der Waals surface area contributed by atoms with Crippen LogP contribution in [-0.2, 0) is 14.3 Å². The minimum atomic E-state index is -0.451. The molecule has 1 aromatic rings. The first-order valence-electron chi connectivity index (χ1n) is 6.28. The summed E-state index contributed by atoms with van der Waals surface area (Å²) in [5.74, 6) is 0.207. The van der Waals surface area contributed by atoms with Crippen LogP contribution in [0.4, 0.5) is 0 Å². The van der Waals surface area contributed by atoms with E-state index in [0.29, 0.717) is 23.5 Å². The minimum Gasteiger partial charge on any atom is -0.503 e. The van der Waals surface area contributed by atoms with Gasteiger partial charge in [-0.15, -0.1) is 0 Å². The van der Waals surface area contributed by atoms with Crippen molar-refractivity contribution in [3.05, 3.63) is 36.1 Å². The molecule has 19 heavy (non-hydrogen) atoms. The van der Waals surface area contributed by atoms with Crippen molar-refractivity contribution in [3.63, 3.8) is 0 Å². The van der Waals surface area contributed by atoms with Gasteiger partial charge in [0.25, 0.3) is 0 Å². The molecular formula is C15H20O4. The Kier molecular flexibility index (Phi) is 6.50. The number of esters is 1. The molecule has 4 heteroatoms. The average molecular weight is 264 g/mol. The standard InChI is InChI=1S/C15H20O4/c1-4-5-10-19-14-9-7-6-8-12(14)13(11-17-2)15(16)18-3/h6-9,11H,4-5,10H2,1-3H3/b13-11+. The van der Waals surface area contributed by atoms with Gasteiger partial charge < -0.3 is 14.2 Å². The van der Waals surface area contributed by atoms with Gasteiger partial charge in [-0.05, 0) is 12.5 Å². The van der Waals surface area contributed by atoms with E-state index in [-0.39, 0.29) is 0 Å². The van der Waals surface area contributed by atoms with Gasteiger partial charge in [0, 0.05) is 5.56 Å². The van der Waals surface area contributed by atoms with Gasteiger partial charge in [-0.2, -0.15) is 0 Å². The second-order valence-corrected chi connectivity index (χ2v) is 3.96. The lowest BCUT2D eigenvalue weighted by atomic mass is 10.1. The molecular weight excluding hydrogens is 244 g/mol. The summed E-state index contributed by atoms with van der Waals surface area (Å²) in [5.41, 5.74) is 1.02. The molecule has 4 nitrogen and oxygen atoms in total. The molecule has 0 radical (unpaired) electrons. The maximum absolute atomic E-state index is 11.8. The van der Waals surface area contributed by atoms with Crippen molar-refractivity contribution in [1.29, 1.82) is 0 Å². The third-order valence-electron chi connectivity index (χ3n) is 2.57. The molecule has 0 aliphatic rings. The molecule has 0 N–H and O–H groups in total. The zero-order valence-corrected chi connectivity index (χ0v) is 11.6. The number of carbonyl (C=O) groups excluding carboxylic acids is 1. The summed E-state index contributed by atoms with van der Waals surface area (Å²) in [6, 6.07) is 7.35. The summed E-state index contributed by atoms with van der Waals surface area (Å²) < 4.78 is 15.4. The summed E-state index contributed by atoms with van der Waals surface area (Å²) >= 11 is 0. The highest BCUT2D eigenvalue weighted by Crippen LogP contribution is 2.27. The molecule has 104 valence electrons. The summed E-state index contributed by atoms with van der Waals surface area (Å²) in [5, 5.41) is 0. The number of rotatable bonds is 7. The lowest BCUT2D eigenvalue weighted by Gasteiger charge is -2.12. The molecule has 0 aliphatic carbocycles. The zero-order chi connectivity index (χ0) is 14.1. The van der Waals surface area contributed by atoms with E-state index in [1.807, 2.05) is 24.3 Å². The molecule has 0 aliphatic heterocycles. The van der Waals surface area contributed by atoms with Crippen molar-refractivity contribution in [2.45, 2.75) is 19.8 Å². The highest BCUT2D eigenvalue weighted by atomic mass is 16.5. The third kappa shape index (κ3) is 4.32. The Morgan fingerprint density at radius 3 is 2.63 bits per heavy atom. The molecule has 0 saturated carbocycles. The first-order chi connectivity index (χ1) is 9.24. The Morgan fingerprint density at radius 2 is 2.00 bits per heavy atom. The van der Waals surface area contributed by atoms with Crippen LogP contribution in [0.15, 0.2) is 30.5 Å². The Balaban J connectivity index is 3.02. The first-order valence-corrected chi connectivity index (χ1v) is 6.28. The largest absolute Gasteiger partial charge is 0.503 e. The number of hydrogen-bond donors (Lipinski definition) is 0. The van der Waals surface area contributed by atoms with Gasteiger partial charge in [-0.25, -0.2) is 4.79 Å². The number of ether oxygens (including phenoxy) is 3. The molecule has 0 spiro atoms. The number of carbonyl (C=O) groups is 1. The molecule has 0 unspecified atom stereocenters. The van der Waals surface area contributed by atoms with Crippen molar-refractivity contribution in [2.24, 2.45) is 0 Å². The maximum Gasteiger partial charge on any atom is 0.341 e. The van der Waals surface area contributed by atoms with Crippen LogP contribution in [0.5, 0.6) is 5.75 Å². The van der Waals surface area contributed by atoms with Gasteiger partial charge in [0.2, 0.25) is 0 Å². The Hall–Kier alpha value is -1.97. The lowest BCUT2D eigenvalue weighted by Crippen LogP contribution is -2.07. The van der Waals surface area contributed by atoms with Crippen molar-refractivity contribution in [1.82, 2.24) is 0 Å². The van der Waals surface area contributed by atoms with Crippen LogP contribution in [-0.4, -0.2) is 26.8 Å². The van der Waals surface area contributed by atoms with Crippen LogP contribution in [0, 0.1) is 0 Å². The molecule has 0 aromatic heterocycles. The molecule has 0 heterocycles. The van der Waals surface area contributed by atoms with Crippen LogP contribution in [0.25, 0.3) is 5.57 Å². The number of hydrogen-bond acceptors (Lipinski definition) is 4. The Morgan fingerprint density at radius 1 is 1.26 bits per heavy atom. The van der Waals surface area contributed by atoms with E-state index in [1.165, 1.54) is 20.5 Å². The molecule has 0 bridgehead atoms. The molecule has 0 fully saturated rings. The van der Waals surface area contributed by atoms with Gasteiger partial charge in [0.15, 0.2) is 0 Å². The fraction of sp³-hybridized carbons (Fsp3) is 0.400. The number of benzene rings is 1. The van der Waals surface area contributed by atoms with Gasteiger partial charge in [-0.3, -0.25) is 0 Å². The Bertz CT molecular complexity index is 438. The normalized spacial score (nSPS) is 11.0. The van der Waals surface area contributed by atoms with Crippen LogP contribution in [0.3, 0.4) is 0 Å². The fourth-order valence-corrected chi connectivity index (χ4v) is 1.59. The van der Waals surface area contributed by atoms with Crippen LogP contribution < -0.4 is 4.74 Å². The molecule has 1 aromatic carbocycles. The first kappa shape index (κ1) is 15.1. The van der Waals surface area contributed by atoms with Crippen LogP contribution in [0.1, 0.15) is 25.3 Å². The van der Waals surface area contributed by atoms with E-state index in [0.717, 1.165) is 12.8 Å². The van der Waals surface area contributed by atoms with Crippen LogP contribution >= 0.6 is 0 Å². The highest BCUT2D eigenvalue weighted by molar-refractivity contribution is 6.16. The van der Waals surface area contributed by atoms with Crippen molar-refractivity contribution in [2.75, 3.05) is 20.8 Å². The van der Waals surface area contributed by atoms with Crippen molar-refractivity contribution < 1.29 is 19.0 Å². The average Bonchev–Trinajstić information content (AvgIpc) is 2.45. The number of unbranched alkanes of at least 4 members (excludes halogenated alkanes) is 1. The number of methoxy groups -OCH3 is 2. The van der Waals surface area contributed by atoms with Crippen LogP contribution in [0.2, 0.25) is 0 Å². The quantitative estimate of drug-likeness (QED) is 0.329. The second kappa shape index (κ2) is 8.19. The van der Waals surface area contributed by atoms with Gasteiger partial charge in [0.05, 0.1) is 27.1 Å². The monoisotopic (exact) mass is 264 g/mol. The third-order valence-corrected chi connectivity index (χ3v) is 2.57. The molecule has 1 rings (SSSR count). The summed E-state index contributed by atoms with van der Waals surface area (Å²) in [7, 11) is 2.83. The fourth-order valence-electron chi connectivity index (χ4n) is 1.59. The van der Waals surface area contributed by atoms with Gasteiger partial charge in [0.1, 0.15) is 11.3 Å². The molecule has 0 atom stereocenters. The number of para-hydroxylation sites is 1. The van der Waals surface area contributed by atoms with Crippen molar-refractivity contribution in [3.8, 4) is 5.75 Å². The van der Waals surface area contributed by atoms with Crippen molar-refractivity contribution >= 4 is 11.5 Å².